The summed E-state index contributed by atoms with van der Waals surface area (Å²) in [6.07, 6.45) is 7.30. The van der Waals surface area contributed by atoms with Crippen LogP contribution in [0.3, 0.4) is 0 Å². The molecule has 2 radical (unpaired) electrons. The van der Waals surface area contributed by atoms with Gasteiger partial charge in [-0.1, -0.05) is 23.8 Å². The zero-order valence-corrected chi connectivity index (χ0v) is 18.0. The number of amidine groups is 1. The standard InChI is InChI=1S/C21H24BN5O2S/c1-15-6-8-17(9-7-15)30(28,29)27-14-18(22-21-25(2)11-12-26(21)3)19(20(27)23)16-5-4-10-24-13-16/h4-13,18-19,23H,14H2,1-3H3/t18-,19+/m0/s1. The van der Waals surface area contributed by atoms with E-state index in [9.17, 15) is 8.42 Å². The summed E-state index contributed by atoms with van der Waals surface area (Å²) in [4.78, 5) is 4.40. The Bertz CT molecular complexity index is 1160. The molecule has 9 heteroatoms. The van der Waals surface area contributed by atoms with Crippen molar-refractivity contribution in [2.45, 2.75) is 23.6 Å². The number of nitrogens with one attached hydrogen (secondary N) is 1. The number of benzene rings is 1. The topological polar surface area (TPSA) is 82.9 Å². The summed E-state index contributed by atoms with van der Waals surface area (Å²) in [5, 5.41) is 8.80. The van der Waals surface area contributed by atoms with E-state index in [0.717, 1.165) is 16.9 Å². The molecule has 1 aliphatic rings. The first-order chi connectivity index (χ1) is 14.3. The zero-order valence-electron chi connectivity index (χ0n) is 17.2. The van der Waals surface area contributed by atoms with E-state index in [4.69, 9.17) is 5.41 Å². The fraction of sp³-hybridized carbons (Fsp3) is 0.286. The van der Waals surface area contributed by atoms with Crippen LogP contribution < -0.4 is 10.3 Å². The first kappa shape index (κ1) is 20.3. The number of pyridine rings is 1. The Balaban J connectivity index is 1.74. The molecule has 1 saturated heterocycles. The third-order valence-corrected chi connectivity index (χ3v) is 7.41. The normalized spacial score (nSPS) is 19.4. The molecule has 0 amide bonds. The minimum absolute atomic E-state index is 0.0710. The average molecular weight is 421 g/mol. The fourth-order valence-electron chi connectivity index (χ4n) is 3.96. The first-order valence-electron chi connectivity index (χ1n) is 9.72. The van der Waals surface area contributed by atoms with E-state index in [-0.39, 0.29) is 23.1 Å². The Labute approximate surface area is 177 Å². The van der Waals surface area contributed by atoms with Gasteiger partial charge in [0, 0.05) is 30.6 Å². The number of aromatic nitrogens is 3. The van der Waals surface area contributed by atoms with E-state index in [0.29, 0.717) is 0 Å². The molecule has 0 aliphatic carbocycles. The largest absolute Gasteiger partial charge is 0.287 e. The van der Waals surface area contributed by atoms with Crippen molar-refractivity contribution in [1.82, 2.24) is 13.9 Å². The Morgan fingerprint density at radius 2 is 1.97 bits per heavy atom. The van der Waals surface area contributed by atoms with Crippen LogP contribution in [0.5, 0.6) is 0 Å². The van der Waals surface area contributed by atoms with Crippen LogP contribution >= 0.6 is 0 Å². The Morgan fingerprint density at radius 3 is 2.57 bits per heavy atom. The van der Waals surface area contributed by atoms with Crippen molar-refractivity contribution in [3.05, 3.63) is 72.3 Å². The predicted molar refractivity (Wildman–Crippen MR) is 116 cm³/mol. The van der Waals surface area contributed by atoms with Gasteiger partial charge in [-0.15, -0.1) is 0 Å². The van der Waals surface area contributed by atoms with Crippen molar-refractivity contribution in [1.29, 1.82) is 5.41 Å². The Kier molecular flexibility index (Phi) is 5.23. The van der Waals surface area contributed by atoms with Gasteiger partial charge < -0.3 is 0 Å². The van der Waals surface area contributed by atoms with Gasteiger partial charge in [-0.2, -0.15) is 13.1 Å². The van der Waals surface area contributed by atoms with Crippen molar-refractivity contribution in [3.63, 3.8) is 0 Å². The van der Waals surface area contributed by atoms with Gasteiger partial charge in [0.2, 0.25) is 0 Å². The van der Waals surface area contributed by atoms with E-state index in [1.807, 2.05) is 54.7 Å². The van der Waals surface area contributed by atoms with Gasteiger partial charge in [0.1, 0.15) is 18.2 Å². The second-order valence-corrected chi connectivity index (χ2v) is 9.57. The number of hydrogen-bond acceptors (Lipinski definition) is 4. The molecule has 30 heavy (non-hydrogen) atoms. The molecule has 1 N–H and O–H groups in total. The van der Waals surface area contributed by atoms with Crippen LogP contribution in [-0.4, -0.2) is 41.9 Å². The second kappa shape index (κ2) is 7.72. The van der Waals surface area contributed by atoms with Crippen molar-refractivity contribution in [2.75, 3.05) is 6.54 Å². The minimum Gasteiger partial charge on any atom is -0.287 e. The highest BCUT2D eigenvalue weighted by atomic mass is 32.2. The highest BCUT2D eigenvalue weighted by Gasteiger charge is 2.40. The maximum atomic E-state index is 13.4. The minimum atomic E-state index is -3.82. The van der Waals surface area contributed by atoms with Crippen LogP contribution in [0, 0.1) is 12.3 Å². The third kappa shape index (κ3) is 3.54. The van der Waals surface area contributed by atoms with Gasteiger partial charge in [-0.25, -0.2) is 8.42 Å². The molecule has 0 spiro atoms. The molecule has 4 rings (SSSR count). The average Bonchev–Trinajstić information content (AvgIpc) is 3.23. The van der Waals surface area contributed by atoms with Gasteiger partial charge >= 0.3 is 0 Å². The lowest BCUT2D eigenvalue weighted by Gasteiger charge is -2.27. The van der Waals surface area contributed by atoms with Crippen LogP contribution in [0.2, 0.25) is 5.82 Å². The maximum Gasteiger partial charge on any atom is 0.265 e. The van der Waals surface area contributed by atoms with Gasteiger partial charge in [0.05, 0.1) is 19.0 Å². The summed E-state index contributed by atoms with van der Waals surface area (Å²) < 4.78 is 31.9. The summed E-state index contributed by atoms with van der Waals surface area (Å²) >= 11 is 0. The van der Waals surface area contributed by atoms with E-state index >= 15 is 0 Å². The van der Waals surface area contributed by atoms with Crippen LogP contribution in [0.1, 0.15) is 17.0 Å². The lowest BCUT2D eigenvalue weighted by atomic mass is 9.58. The molecule has 154 valence electrons. The summed E-state index contributed by atoms with van der Waals surface area (Å²) in [5.41, 5.74) is 2.78. The predicted octanol–water partition coefficient (Wildman–Crippen LogP) is 1.14. The lowest BCUT2D eigenvalue weighted by Crippen LogP contribution is -2.51. The van der Waals surface area contributed by atoms with Crippen LogP contribution in [0.15, 0.2) is 66.1 Å². The van der Waals surface area contributed by atoms with E-state index in [1.165, 1.54) is 4.31 Å². The molecule has 3 heterocycles. The summed E-state index contributed by atoms with van der Waals surface area (Å²) in [5.74, 6) is -0.516. The number of nitrogens with zero attached hydrogens (tertiary/aromatic N) is 4. The highest BCUT2D eigenvalue weighted by Crippen LogP contribution is 2.40. The van der Waals surface area contributed by atoms with Gasteiger partial charge in [0.15, 0.2) is 0 Å². The SMILES string of the molecule is Cc1ccc(S(=O)(=O)N2C[C@H]([B-]c3n(C)cc[n+]3C)[C@@H](c3cccnc3)C2=N)cc1. The quantitative estimate of drug-likeness (QED) is 0.496. The molecule has 1 aliphatic heterocycles. The molecule has 1 aromatic carbocycles. The number of hydrogen-bond donors (Lipinski definition) is 1. The maximum absolute atomic E-state index is 13.4. The van der Waals surface area contributed by atoms with Gasteiger partial charge in [-0.05, 0) is 30.7 Å². The number of sulfonamides is 1. The molecular formula is C21H24BN5O2S. The zero-order chi connectivity index (χ0) is 21.5. The molecule has 0 bridgehead atoms. The van der Waals surface area contributed by atoms with E-state index < -0.39 is 15.9 Å². The van der Waals surface area contributed by atoms with Gasteiger partial charge in [0.25, 0.3) is 10.0 Å². The van der Waals surface area contributed by atoms with Gasteiger partial charge in [-0.3, -0.25) is 23.8 Å². The summed E-state index contributed by atoms with van der Waals surface area (Å²) in [6.45, 7) is 2.12. The van der Waals surface area contributed by atoms with E-state index in [2.05, 4.69) is 12.3 Å². The summed E-state index contributed by atoms with van der Waals surface area (Å²) in [7, 11) is 2.13. The fourth-order valence-corrected chi connectivity index (χ4v) is 5.44. The smallest absolute Gasteiger partial charge is 0.265 e. The van der Waals surface area contributed by atoms with Crippen LogP contribution in [0.25, 0.3) is 0 Å². The summed E-state index contributed by atoms with van der Waals surface area (Å²) in [6, 6.07) is 10.5. The number of rotatable bonds is 5. The Hall–Kier alpha value is -2.94. The molecule has 3 aromatic rings. The van der Waals surface area contributed by atoms with Crippen LogP contribution in [-0.2, 0) is 24.1 Å². The van der Waals surface area contributed by atoms with Crippen LogP contribution in [0.4, 0.5) is 0 Å². The second-order valence-electron chi connectivity index (χ2n) is 7.71. The molecule has 7 nitrogen and oxygen atoms in total. The first-order valence-corrected chi connectivity index (χ1v) is 11.2. The molecular weight excluding hydrogens is 397 g/mol. The highest BCUT2D eigenvalue weighted by molar-refractivity contribution is 7.89. The monoisotopic (exact) mass is 421 g/mol. The van der Waals surface area contributed by atoms with Crippen molar-refractivity contribution < 1.29 is 13.0 Å². The Morgan fingerprint density at radius 1 is 1.23 bits per heavy atom. The van der Waals surface area contributed by atoms with Crippen molar-refractivity contribution >= 4 is 28.9 Å². The number of imidazole rings is 1. The van der Waals surface area contributed by atoms with Crippen molar-refractivity contribution in [3.8, 4) is 0 Å². The van der Waals surface area contributed by atoms with Crippen molar-refractivity contribution in [2.24, 2.45) is 14.1 Å². The molecule has 1 fully saturated rings. The molecule has 0 saturated carbocycles. The molecule has 0 unspecified atom stereocenters. The molecule has 2 aromatic heterocycles. The lowest BCUT2D eigenvalue weighted by molar-refractivity contribution is -0.653. The number of aryl methyl sites for hydroxylation is 3. The van der Waals surface area contributed by atoms with E-state index in [1.54, 1.807) is 36.7 Å². The third-order valence-electron chi connectivity index (χ3n) is 5.62. The molecule has 2 atom stereocenters.